The van der Waals surface area contributed by atoms with Crippen molar-refractivity contribution < 1.29 is 18.3 Å². The van der Waals surface area contributed by atoms with Crippen molar-refractivity contribution in [1.82, 2.24) is 0 Å². The predicted molar refractivity (Wildman–Crippen MR) is 85.2 cm³/mol. The second kappa shape index (κ2) is 7.04. The lowest BCUT2D eigenvalue weighted by Gasteiger charge is -2.11. The number of carbonyl (C=O) groups is 1. The van der Waals surface area contributed by atoms with Gasteiger partial charge in [0, 0.05) is 8.59 Å². The molecule has 1 N–H and O–H groups in total. The maximum absolute atomic E-state index is 12.3. The minimum atomic E-state index is -2.99. The molecule has 110 valence electrons. The molecular formula is C14H9ClF2INO2. The van der Waals surface area contributed by atoms with Gasteiger partial charge in [-0.2, -0.15) is 8.78 Å². The Labute approximate surface area is 138 Å². The molecule has 0 saturated heterocycles. The zero-order chi connectivity index (χ0) is 15.4. The van der Waals surface area contributed by atoms with Crippen LogP contribution in [0.4, 0.5) is 14.5 Å². The molecule has 0 bridgehead atoms. The van der Waals surface area contributed by atoms with Gasteiger partial charge in [0.2, 0.25) is 0 Å². The standard InChI is InChI=1S/C14H9ClF2INO2/c15-8-5-6-11(10(18)7-8)19-13(20)9-3-1-2-4-12(9)21-14(16)17/h1-7,14H,(H,19,20). The number of alkyl halides is 2. The molecule has 7 heteroatoms. The van der Waals surface area contributed by atoms with E-state index in [1.165, 1.54) is 18.2 Å². The second-order valence-corrected chi connectivity index (χ2v) is 5.55. The van der Waals surface area contributed by atoms with Crippen LogP contribution in [0.15, 0.2) is 42.5 Å². The van der Waals surface area contributed by atoms with Crippen molar-refractivity contribution in [2.75, 3.05) is 5.32 Å². The summed E-state index contributed by atoms with van der Waals surface area (Å²) in [5, 5.41) is 3.18. The van der Waals surface area contributed by atoms with Crippen LogP contribution < -0.4 is 10.1 Å². The predicted octanol–water partition coefficient (Wildman–Crippen LogP) is 4.80. The van der Waals surface area contributed by atoms with E-state index in [4.69, 9.17) is 11.6 Å². The van der Waals surface area contributed by atoms with Crippen molar-refractivity contribution in [3.05, 3.63) is 56.6 Å². The quantitative estimate of drug-likeness (QED) is 0.718. The number of anilines is 1. The molecule has 0 aromatic heterocycles. The molecule has 0 fully saturated rings. The van der Waals surface area contributed by atoms with Crippen LogP contribution in [0.2, 0.25) is 5.02 Å². The van der Waals surface area contributed by atoms with Gasteiger partial charge in [-0.25, -0.2) is 0 Å². The number of hydrogen-bond donors (Lipinski definition) is 1. The summed E-state index contributed by atoms with van der Waals surface area (Å²) in [7, 11) is 0. The zero-order valence-electron chi connectivity index (χ0n) is 10.4. The van der Waals surface area contributed by atoms with E-state index in [2.05, 4.69) is 10.1 Å². The molecule has 2 aromatic rings. The van der Waals surface area contributed by atoms with Gasteiger partial charge >= 0.3 is 6.61 Å². The fraction of sp³-hybridized carbons (Fsp3) is 0.0714. The van der Waals surface area contributed by atoms with E-state index in [1.54, 1.807) is 24.3 Å². The van der Waals surface area contributed by atoms with Crippen molar-refractivity contribution in [3.8, 4) is 5.75 Å². The molecule has 21 heavy (non-hydrogen) atoms. The highest BCUT2D eigenvalue weighted by atomic mass is 127. The van der Waals surface area contributed by atoms with Crippen LogP contribution in [0.1, 0.15) is 10.4 Å². The Morgan fingerprint density at radius 1 is 1.24 bits per heavy atom. The minimum Gasteiger partial charge on any atom is -0.434 e. The molecular weight excluding hydrogens is 415 g/mol. The summed E-state index contributed by atoms with van der Waals surface area (Å²) < 4.78 is 29.7. The van der Waals surface area contributed by atoms with Gasteiger partial charge in [0.1, 0.15) is 5.75 Å². The SMILES string of the molecule is O=C(Nc1ccc(Cl)cc1I)c1ccccc1OC(F)F. The lowest BCUT2D eigenvalue weighted by Crippen LogP contribution is -2.15. The fourth-order valence-corrected chi connectivity index (χ4v) is 2.64. The summed E-state index contributed by atoms with van der Waals surface area (Å²) in [6, 6.07) is 10.8. The van der Waals surface area contributed by atoms with Gasteiger partial charge in [0.05, 0.1) is 11.3 Å². The number of amides is 1. The highest BCUT2D eigenvalue weighted by Crippen LogP contribution is 2.25. The van der Waals surface area contributed by atoms with E-state index in [-0.39, 0.29) is 11.3 Å². The van der Waals surface area contributed by atoms with E-state index in [1.807, 2.05) is 22.6 Å². The third-order valence-corrected chi connectivity index (χ3v) is 3.65. The first-order valence-corrected chi connectivity index (χ1v) is 7.23. The molecule has 0 aliphatic rings. The molecule has 0 saturated carbocycles. The Morgan fingerprint density at radius 2 is 1.95 bits per heavy atom. The number of halogens is 4. The topological polar surface area (TPSA) is 38.3 Å². The smallest absolute Gasteiger partial charge is 0.387 e. The van der Waals surface area contributed by atoms with Crippen molar-refractivity contribution >= 4 is 45.8 Å². The molecule has 3 nitrogen and oxygen atoms in total. The Kier molecular flexibility index (Phi) is 5.35. The summed E-state index contributed by atoms with van der Waals surface area (Å²) in [5.74, 6) is -0.708. The molecule has 0 atom stereocenters. The number of ether oxygens (including phenoxy) is 1. The molecule has 0 radical (unpaired) electrons. The third kappa shape index (κ3) is 4.28. The fourth-order valence-electron chi connectivity index (χ4n) is 1.63. The van der Waals surface area contributed by atoms with Crippen LogP contribution in [-0.4, -0.2) is 12.5 Å². The van der Waals surface area contributed by atoms with Gasteiger partial charge in [-0.05, 0) is 52.9 Å². The lowest BCUT2D eigenvalue weighted by atomic mass is 10.2. The minimum absolute atomic E-state index is 0.0311. The monoisotopic (exact) mass is 423 g/mol. The van der Waals surface area contributed by atoms with Crippen molar-refractivity contribution in [2.45, 2.75) is 6.61 Å². The van der Waals surface area contributed by atoms with E-state index in [9.17, 15) is 13.6 Å². The average molecular weight is 424 g/mol. The van der Waals surface area contributed by atoms with Crippen molar-refractivity contribution in [2.24, 2.45) is 0 Å². The summed E-state index contributed by atoms with van der Waals surface area (Å²) >= 11 is 7.85. The summed E-state index contributed by atoms with van der Waals surface area (Å²) in [6.07, 6.45) is 0. The third-order valence-electron chi connectivity index (χ3n) is 2.53. The van der Waals surface area contributed by atoms with Crippen LogP contribution in [-0.2, 0) is 0 Å². The second-order valence-electron chi connectivity index (χ2n) is 3.95. The largest absolute Gasteiger partial charge is 0.434 e. The van der Waals surface area contributed by atoms with Gasteiger partial charge in [0.15, 0.2) is 0 Å². The maximum Gasteiger partial charge on any atom is 0.387 e. The Hall–Kier alpha value is -1.41. The normalized spacial score (nSPS) is 10.5. The van der Waals surface area contributed by atoms with Gasteiger partial charge in [-0.3, -0.25) is 4.79 Å². The number of nitrogens with one attached hydrogen (secondary N) is 1. The molecule has 2 rings (SSSR count). The van der Waals surface area contributed by atoms with Crippen LogP contribution in [0.25, 0.3) is 0 Å². The Balaban J connectivity index is 2.24. The number of benzene rings is 2. The summed E-state index contributed by atoms with van der Waals surface area (Å²) in [5.41, 5.74) is 0.570. The highest BCUT2D eigenvalue weighted by molar-refractivity contribution is 14.1. The Bertz CT molecular complexity index is 667. The highest BCUT2D eigenvalue weighted by Gasteiger charge is 2.16. The van der Waals surface area contributed by atoms with E-state index >= 15 is 0 Å². The maximum atomic E-state index is 12.3. The number of carbonyl (C=O) groups excluding carboxylic acids is 1. The van der Waals surface area contributed by atoms with E-state index in [0.717, 1.165) is 3.57 Å². The first-order chi connectivity index (χ1) is 9.97. The molecule has 2 aromatic carbocycles. The van der Waals surface area contributed by atoms with E-state index < -0.39 is 12.5 Å². The lowest BCUT2D eigenvalue weighted by molar-refractivity contribution is -0.0501. The number of para-hydroxylation sites is 1. The first-order valence-electron chi connectivity index (χ1n) is 5.77. The molecule has 0 aliphatic heterocycles. The average Bonchev–Trinajstić information content (AvgIpc) is 2.42. The summed E-state index contributed by atoms with van der Waals surface area (Å²) in [4.78, 5) is 12.2. The first kappa shape index (κ1) is 16.0. The van der Waals surface area contributed by atoms with Crippen molar-refractivity contribution in [1.29, 1.82) is 0 Å². The van der Waals surface area contributed by atoms with Gasteiger partial charge in [0.25, 0.3) is 5.91 Å². The molecule has 0 aliphatic carbocycles. The van der Waals surface area contributed by atoms with Crippen LogP contribution >= 0.6 is 34.2 Å². The van der Waals surface area contributed by atoms with Crippen LogP contribution in [0, 0.1) is 3.57 Å². The van der Waals surface area contributed by atoms with Crippen LogP contribution in [0.3, 0.4) is 0 Å². The van der Waals surface area contributed by atoms with Gasteiger partial charge in [-0.1, -0.05) is 23.7 Å². The zero-order valence-corrected chi connectivity index (χ0v) is 13.4. The van der Waals surface area contributed by atoms with Gasteiger partial charge < -0.3 is 10.1 Å². The van der Waals surface area contributed by atoms with Gasteiger partial charge in [-0.15, -0.1) is 0 Å². The Morgan fingerprint density at radius 3 is 2.62 bits per heavy atom. The number of rotatable bonds is 4. The van der Waals surface area contributed by atoms with Crippen LogP contribution in [0.5, 0.6) is 5.75 Å². The molecule has 0 spiro atoms. The molecule has 1 amide bonds. The number of hydrogen-bond acceptors (Lipinski definition) is 2. The summed E-state index contributed by atoms with van der Waals surface area (Å²) in [6.45, 7) is -2.99. The molecule has 0 unspecified atom stereocenters. The molecule has 0 heterocycles. The van der Waals surface area contributed by atoms with Crippen molar-refractivity contribution in [3.63, 3.8) is 0 Å². The van der Waals surface area contributed by atoms with E-state index in [0.29, 0.717) is 10.7 Å².